The largest absolute Gasteiger partial charge is 0.493 e. The fourth-order valence-corrected chi connectivity index (χ4v) is 3.98. The van der Waals surface area contributed by atoms with Gasteiger partial charge in [0.15, 0.2) is 5.75 Å². The van der Waals surface area contributed by atoms with Crippen molar-refractivity contribution in [2.45, 2.75) is 20.3 Å². The van der Waals surface area contributed by atoms with Crippen LogP contribution in [0.25, 0.3) is 6.08 Å². The summed E-state index contributed by atoms with van der Waals surface area (Å²) in [5, 5.41) is 14.2. The van der Waals surface area contributed by atoms with Crippen LogP contribution < -0.4 is 19.5 Å². The van der Waals surface area contributed by atoms with Crippen LogP contribution in [-0.4, -0.2) is 35.0 Å². The maximum absolute atomic E-state index is 11.9. The van der Waals surface area contributed by atoms with Crippen LogP contribution in [0.2, 0.25) is 0 Å². The van der Waals surface area contributed by atoms with Gasteiger partial charge in [0.1, 0.15) is 10.1 Å². The molecule has 0 spiro atoms. The number of benzene rings is 2. The number of carbonyl (C=O) groups excluding carboxylic acids is 1. The van der Waals surface area contributed by atoms with Crippen molar-refractivity contribution < 1.29 is 23.9 Å². The van der Waals surface area contributed by atoms with Gasteiger partial charge in [-0.15, -0.1) is 0 Å². The number of amides is 1. The molecule has 0 atom stereocenters. The number of aryl methyl sites for hydroxylation is 1. The van der Waals surface area contributed by atoms with Crippen LogP contribution in [0, 0.1) is 17.0 Å². The molecule has 2 aromatic rings. The number of thiocarbonyl (C=S) groups is 1. The maximum Gasteiger partial charge on any atom is 0.315 e. The van der Waals surface area contributed by atoms with E-state index in [-0.39, 0.29) is 29.7 Å². The summed E-state index contributed by atoms with van der Waals surface area (Å²) in [4.78, 5) is 23.5. The molecule has 1 aliphatic rings. The lowest BCUT2D eigenvalue weighted by Crippen LogP contribution is -2.17. The minimum Gasteiger partial charge on any atom is -0.493 e. The lowest BCUT2D eigenvalue weighted by molar-refractivity contribution is -0.386. The number of hydrogen-bond donors (Lipinski definition) is 1. The van der Waals surface area contributed by atoms with E-state index in [1.165, 1.54) is 12.1 Å². The van der Waals surface area contributed by atoms with E-state index in [2.05, 4.69) is 5.32 Å². The van der Waals surface area contributed by atoms with Crippen molar-refractivity contribution in [3.63, 3.8) is 0 Å². The molecule has 0 unspecified atom stereocenters. The van der Waals surface area contributed by atoms with Gasteiger partial charge in [-0.1, -0.05) is 36.1 Å². The first-order valence-corrected chi connectivity index (χ1v) is 11.1. The normalized spacial score (nSPS) is 14.4. The lowest BCUT2D eigenvalue weighted by Gasteiger charge is -2.13. The van der Waals surface area contributed by atoms with Gasteiger partial charge in [0.25, 0.3) is 5.91 Å². The second kappa shape index (κ2) is 11.0. The summed E-state index contributed by atoms with van der Waals surface area (Å²) >= 11 is 6.08. The number of carbonyl (C=O) groups is 1. The van der Waals surface area contributed by atoms with Gasteiger partial charge in [-0.25, -0.2) is 0 Å². The summed E-state index contributed by atoms with van der Waals surface area (Å²) in [7, 11) is 0. The van der Waals surface area contributed by atoms with Crippen LogP contribution in [0.3, 0.4) is 0 Å². The second-order valence-corrected chi connectivity index (χ2v) is 8.50. The molecule has 0 aliphatic carbocycles. The molecule has 1 amide bonds. The summed E-state index contributed by atoms with van der Waals surface area (Å²) in [6, 6.07) is 10.7. The van der Waals surface area contributed by atoms with Crippen molar-refractivity contribution in [3.05, 3.63) is 62.5 Å². The van der Waals surface area contributed by atoms with Gasteiger partial charge < -0.3 is 19.5 Å². The monoisotopic (exact) mass is 474 g/mol. The van der Waals surface area contributed by atoms with Crippen molar-refractivity contribution in [1.29, 1.82) is 0 Å². The van der Waals surface area contributed by atoms with Crippen molar-refractivity contribution >= 4 is 46.0 Å². The van der Waals surface area contributed by atoms with Crippen molar-refractivity contribution in [1.82, 2.24) is 5.32 Å². The molecule has 168 valence electrons. The second-order valence-electron chi connectivity index (χ2n) is 6.78. The SMILES string of the molecule is CCOc1cc(C=C2SC(=S)NC2=O)cc([N+](=O)[O-])c1OCCCOc1cccc(C)c1. The number of hydrogen-bond acceptors (Lipinski definition) is 8. The highest BCUT2D eigenvalue weighted by Crippen LogP contribution is 2.40. The van der Waals surface area contributed by atoms with Crippen LogP contribution >= 0.6 is 24.0 Å². The van der Waals surface area contributed by atoms with Crippen LogP contribution in [0.15, 0.2) is 41.3 Å². The van der Waals surface area contributed by atoms with E-state index in [0.717, 1.165) is 23.1 Å². The number of rotatable bonds is 10. The number of nitro benzene ring substituents is 1. The van der Waals surface area contributed by atoms with Gasteiger partial charge in [-0.05, 0) is 49.2 Å². The molecule has 1 fully saturated rings. The van der Waals surface area contributed by atoms with Crippen LogP contribution in [0.4, 0.5) is 5.69 Å². The first-order chi connectivity index (χ1) is 15.4. The van der Waals surface area contributed by atoms with Gasteiger partial charge in [0, 0.05) is 12.5 Å². The zero-order chi connectivity index (χ0) is 23.1. The van der Waals surface area contributed by atoms with E-state index in [0.29, 0.717) is 34.4 Å². The molecule has 0 saturated carbocycles. The first-order valence-electron chi connectivity index (χ1n) is 9.89. The minimum atomic E-state index is -0.532. The van der Waals surface area contributed by atoms with E-state index in [1.807, 2.05) is 31.2 Å². The molecule has 0 radical (unpaired) electrons. The molecule has 1 heterocycles. The smallest absolute Gasteiger partial charge is 0.315 e. The Morgan fingerprint density at radius 1 is 1.19 bits per heavy atom. The molecular weight excluding hydrogens is 452 g/mol. The third kappa shape index (κ3) is 6.21. The molecule has 1 aliphatic heterocycles. The maximum atomic E-state index is 11.9. The van der Waals surface area contributed by atoms with E-state index >= 15 is 0 Å². The van der Waals surface area contributed by atoms with E-state index in [1.54, 1.807) is 13.0 Å². The molecule has 3 rings (SSSR count). The van der Waals surface area contributed by atoms with E-state index in [9.17, 15) is 14.9 Å². The van der Waals surface area contributed by atoms with Gasteiger partial charge in [0.05, 0.1) is 29.6 Å². The zero-order valence-electron chi connectivity index (χ0n) is 17.6. The molecule has 8 nitrogen and oxygen atoms in total. The molecule has 1 N–H and O–H groups in total. The zero-order valence-corrected chi connectivity index (χ0v) is 19.2. The number of nitrogens with one attached hydrogen (secondary N) is 1. The molecule has 0 bridgehead atoms. The molecule has 1 saturated heterocycles. The Bertz CT molecular complexity index is 1070. The Hall–Kier alpha value is -3.11. The highest BCUT2D eigenvalue weighted by Gasteiger charge is 2.25. The quantitative estimate of drug-likeness (QED) is 0.175. The van der Waals surface area contributed by atoms with E-state index in [4.69, 9.17) is 26.4 Å². The number of ether oxygens (including phenoxy) is 3. The molecule has 32 heavy (non-hydrogen) atoms. The fraction of sp³-hybridized carbons (Fsp3) is 0.273. The highest BCUT2D eigenvalue weighted by atomic mass is 32.2. The minimum absolute atomic E-state index is 0.0496. The third-order valence-corrected chi connectivity index (χ3v) is 5.45. The third-order valence-electron chi connectivity index (χ3n) is 4.29. The summed E-state index contributed by atoms with van der Waals surface area (Å²) in [6.45, 7) is 4.66. The lowest BCUT2D eigenvalue weighted by atomic mass is 10.1. The van der Waals surface area contributed by atoms with Crippen LogP contribution in [-0.2, 0) is 4.79 Å². The Kier molecular flexibility index (Phi) is 8.07. The van der Waals surface area contributed by atoms with Gasteiger partial charge in [-0.2, -0.15) is 0 Å². The van der Waals surface area contributed by atoms with Gasteiger partial charge in [-0.3, -0.25) is 14.9 Å². The number of thioether (sulfide) groups is 1. The Balaban J connectivity index is 1.73. The van der Waals surface area contributed by atoms with E-state index < -0.39 is 4.92 Å². The summed E-state index contributed by atoms with van der Waals surface area (Å²) in [5.41, 5.74) is 1.30. The summed E-state index contributed by atoms with van der Waals surface area (Å²) < 4.78 is 17.4. The number of nitro groups is 1. The van der Waals surface area contributed by atoms with Gasteiger partial charge >= 0.3 is 5.69 Å². The average molecular weight is 475 g/mol. The molecule has 10 heteroatoms. The molecular formula is C22H22N2O6S2. The van der Waals surface area contributed by atoms with Crippen LogP contribution in [0.1, 0.15) is 24.5 Å². The predicted molar refractivity (Wildman–Crippen MR) is 127 cm³/mol. The highest BCUT2D eigenvalue weighted by molar-refractivity contribution is 8.26. The van der Waals surface area contributed by atoms with Crippen LogP contribution in [0.5, 0.6) is 17.2 Å². The summed E-state index contributed by atoms with van der Waals surface area (Å²) in [6.07, 6.45) is 2.06. The summed E-state index contributed by atoms with van der Waals surface area (Å²) in [5.74, 6) is 0.707. The number of nitrogens with zero attached hydrogens (tertiary/aromatic N) is 1. The van der Waals surface area contributed by atoms with Crippen molar-refractivity contribution in [3.8, 4) is 17.2 Å². The fourth-order valence-electron chi connectivity index (χ4n) is 2.94. The Morgan fingerprint density at radius 2 is 1.97 bits per heavy atom. The standard InChI is InChI=1S/C22H22N2O6S2/c1-3-28-18-12-15(13-19-21(25)23-22(31)32-19)11-17(24(26)27)20(18)30-9-5-8-29-16-7-4-6-14(2)10-16/h4,6-7,10-13H,3,5,8-9H2,1-2H3,(H,23,25,31). The van der Waals surface area contributed by atoms with Crippen molar-refractivity contribution in [2.75, 3.05) is 19.8 Å². The predicted octanol–water partition coefficient (Wildman–Crippen LogP) is 4.64. The Morgan fingerprint density at radius 3 is 2.62 bits per heavy atom. The molecule has 0 aromatic heterocycles. The van der Waals surface area contributed by atoms with Crippen molar-refractivity contribution in [2.24, 2.45) is 0 Å². The Labute approximate surface area is 195 Å². The average Bonchev–Trinajstić information content (AvgIpc) is 3.05. The first kappa shape index (κ1) is 23.6. The van der Waals surface area contributed by atoms with Gasteiger partial charge in [0.2, 0.25) is 5.75 Å². The molecule has 2 aromatic carbocycles. The topological polar surface area (TPSA) is 99.9 Å².